The molecule has 0 aliphatic heterocycles. The normalized spacial score (nSPS) is 13.9. The molecule has 0 unspecified atom stereocenters. The summed E-state index contributed by atoms with van der Waals surface area (Å²) in [6.07, 6.45) is -3.23. The molecule has 25 heavy (non-hydrogen) atoms. The predicted molar refractivity (Wildman–Crippen MR) is 79.1 cm³/mol. The van der Waals surface area contributed by atoms with Gasteiger partial charge in [0.2, 0.25) is 0 Å². The summed E-state index contributed by atoms with van der Waals surface area (Å²) >= 11 is 0. The Labute approximate surface area is 141 Å². The molecule has 1 aliphatic carbocycles. The first-order valence-corrected chi connectivity index (χ1v) is 7.58. The molecule has 9 heteroatoms. The second-order valence-electron chi connectivity index (χ2n) is 5.35. The fraction of sp³-hybridized carbons (Fsp3) is 0.438. The van der Waals surface area contributed by atoms with Crippen LogP contribution in [-0.4, -0.2) is 36.9 Å². The van der Waals surface area contributed by atoms with Gasteiger partial charge in [0.05, 0.1) is 30.4 Å². The molecule has 1 aromatic carbocycles. The lowest BCUT2D eigenvalue weighted by molar-refractivity contribution is -0.154. The number of hydrogen-bond donors (Lipinski definition) is 1. The zero-order valence-corrected chi connectivity index (χ0v) is 13.3. The van der Waals surface area contributed by atoms with Gasteiger partial charge in [-0.2, -0.15) is 13.2 Å². The van der Waals surface area contributed by atoms with E-state index in [0.717, 1.165) is 25.0 Å². The number of Topliss-reactive ketones (excluding diaryl/α,β-unsaturated/α-hetero) is 1. The number of benzene rings is 1. The molecule has 0 spiro atoms. The van der Waals surface area contributed by atoms with E-state index in [0.29, 0.717) is 6.07 Å². The number of nitrogens with one attached hydrogen (secondary N) is 1. The van der Waals surface area contributed by atoms with E-state index >= 15 is 0 Å². The Morgan fingerprint density at radius 1 is 1.24 bits per heavy atom. The van der Waals surface area contributed by atoms with Crippen molar-refractivity contribution >= 4 is 17.7 Å². The first-order valence-electron chi connectivity index (χ1n) is 7.58. The minimum Gasteiger partial charge on any atom is -0.490 e. The highest BCUT2D eigenvalue weighted by atomic mass is 19.4. The third-order valence-electron chi connectivity index (χ3n) is 3.30. The van der Waals surface area contributed by atoms with Gasteiger partial charge in [-0.25, -0.2) is 4.79 Å². The van der Waals surface area contributed by atoms with Gasteiger partial charge in [-0.05, 0) is 38.0 Å². The third-order valence-corrected chi connectivity index (χ3v) is 3.30. The molecule has 0 bridgehead atoms. The second-order valence-corrected chi connectivity index (χ2v) is 5.35. The van der Waals surface area contributed by atoms with Crippen LogP contribution in [0.15, 0.2) is 18.2 Å². The minimum absolute atomic E-state index is 0.0193. The maximum Gasteiger partial charge on any atom is 0.416 e. The van der Waals surface area contributed by atoms with Gasteiger partial charge in [0.25, 0.3) is 0 Å². The number of ether oxygens (including phenoxy) is 2. The molecule has 136 valence electrons. The van der Waals surface area contributed by atoms with Gasteiger partial charge >= 0.3 is 18.1 Å². The SMILES string of the molecule is CCOC(=O)C(=O)NCC(=O)c1cc(C(F)(F)F)ccc1OC1CC1. The van der Waals surface area contributed by atoms with Crippen molar-refractivity contribution in [1.82, 2.24) is 5.32 Å². The van der Waals surface area contributed by atoms with Crippen LogP contribution in [0.5, 0.6) is 5.75 Å². The lowest BCUT2D eigenvalue weighted by Gasteiger charge is -2.14. The molecule has 0 atom stereocenters. The van der Waals surface area contributed by atoms with Crippen molar-refractivity contribution in [2.75, 3.05) is 13.2 Å². The minimum atomic E-state index is -4.62. The molecule has 1 saturated carbocycles. The number of esters is 1. The zero-order valence-electron chi connectivity index (χ0n) is 13.3. The van der Waals surface area contributed by atoms with Gasteiger partial charge in [0.1, 0.15) is 5.75 Å². The number of hydrogen-bond acceptors (Lipinski definition) is 5. The fourth-order valence-electron chi connectivity index (χ4n) is 1.92. The van der Waals surface area contributed by atoms with Crippen molar-refractivity contribution in [2.45, 2.75) is 32.0 Å². The fourth-order valence-corrected chi connectivity index (χ4v) is 1.92. The van der Waals surface area contributed by atoms with Crippen molar-refractivity contribution in [1.29, 1.82) is 0 Å². The van der Waals surface area contributed by atoms with Crippen LogP contribution in [-0.2, 0) is 20.5 Å². The molecule has 0 radical (unpaired) electrons. The van der Waals surface area contributed by atoms with Gasteiger partial charge in [-0.15, -0.1) is 0 Å². The van der Waals surface area contributed by atoms with E-state index in [9.17, 15) is 27.6 Å². The molecule has 1 aromatic rings. The number of rotatable bonds is 6. The van der Waals surface area contributed by atoms with Crippen LogP contribution in [0.1, 0.15) is 35.7 Å². The van der Waals surface area contributed by atoms with Gasteiger partial charge < -0.3 is 14.8 Å². The maximum atomic E-state index is 12.9. The summed E-state index contributed by atoms with van der Waals surface area (Å²) in [6, 6.07) is 2.59. The van der Waals surface area contributed by atoms with Crippen molar-refractivity contribution in [3.8, 4) is 5.75 Å². The van der Waals surface area contributed by atoms with Crippen LogP contribution >= 0.6 is 0 Å². The summed E-state index contributed by atoms with van der Waals surface area (Å²) in [5, 5.41) is 2.02. The predicted octanol–water partition coefficient (Wildman–Crippen LogP) is 2.11. The average Bonchev–Trinajstić information content (AvgIpc) is 3.35. The van der Waals surface area contributed by atoms with E-state index in [2.05, 4.69) is 4.74 Å². The van der Waals surface area contributed by atoms with Crippen LogP contribution in [0.4, 0.5) is 13.2 Å². The molecule has 2 rings (SSSR count). The van der Waals surface area contributed by atoms with E-state index in [-0.39, 0.29) is 24.0 Å². The number of amides is 1. The quantitative estimate of drug-likeness (QED) is 0.478. The van der Waals surface area contributed by atoms with Crippen LogP contribution in [0.2, 0.25) is 0 Å². The summed E-state index contributed by atoms with van der Waals surface area (Å²) in [5.41, 5.74) is -1.30. The molecule has 1 N–H and O–H groups in total. The zero-order chi connectivity index (χ0) is 18.6. The number of halogens is 3. The van der Waals surface area contributed by atoms with Gasteiger partial charge in [-0.3, -0.25) is 9.59 Å². The van der Waals surface area contributed by atoms with Crippen molar-refractivity contribution in [2.24, 2.45) is 0 Å². The smallest absolute Gasteiger partial charge is 0.416 e. The molecular weight excluding hydrogens is 343 g/mol. The monoisotopic (exact) mass is 359 g/mol. The molecule has 6 nitrogen and oxygen atoms in total. The van der Waals surface area contributed by atoms with E-state index in [1.807, 2.05) is 5.32 Å². The Hall–Kier alpha value is -2.58. The molecular formula is C16H16F3NO5. The lowest BCUT2D eigenvalue weighted by atomic mass is 10.1. The molecule has 0 saturated heterocycles. The number of carbonyl (C=O) groups is 3. The first-order chi connectivity index (χ1) is 11.7. The molecule has 1 aliphatic rings. The first kappa shape index (κ1) is 18.8. The Morgan fingerprint density at radius 2 is 1.92 bits per heavy atom. The van der Waals surface area contributed by atoms with Crippen LogP contribution in [0.3, 0.4) is 0 Å². The summed E-state index contributed by atoms with van der Waals surface area (Å²) in [6.45, 7) is 0.827. The standard InChI is InChI=1S/C16H16F3NO5/c1-2-24-15(23)14(22)20-8-12(21)11-7-9(16(17,18)19)3-6-13(11)25-10-4-5-10/h3,6-7,10H,2,4-5,8H2,1H3,(H,20,22). The average molecular weight is 359 g/mol. The van der Waals surface area contributed by atoms with Crippen LogP contribution < -0.4 is 10.1 Å². The van der Waals surface area contributed by atoms with E-state index in [1.165, 1.54) is 6.92 Å². The summed E-state index contributed by atoms with van der Waals surface area (Å²) in [5.74, 6) is -3.11. The summed E-state index contributed by atoms with van der Waals surface area (Å²) in [4.78, 5) is 34.8. The van der Waals surface area contributed by atoms with E-state index in [1.54, 1.807) is 0 Å². The van der Waals surface area contributed by atoms with E-state index in [4.69, 9.17) is 4.74 Å². The molecule has 0 heterocycles. The topological polar surface area (TPSA) is 81.7 Å². The number of carbonyl (C=O) groups excluding carboxylic acids is 3. The Kier molecular flexibility index (Phi) is 5.66. The summed E-state index contributed by atoms with van der Waals surface area (Å²) in [7, 11) is 0. The molecule has 1 amide bonds. The van der Waals surface area contributed by atoms with Crippen molar-refractivity contribution < 1.29 is 37.0 Å². The number of ketones is 1. The van der Waals surface area contributed by atoms with Crippen molar-refractivity contribution in [3.63, 3.8) is 0 Å². The van der Waals surface area contributed by atoms with Gasteiger partial charge in [0.15, 0.2) is 5.78 Å². The Bertz CT molecular complexity index is 683. The van der Waals surface area contributed by atoms with Gasteiger partial charge in [-0.1, -0.05) is 0 Å². The molecule has 0 aromatic heterocycles. The summed E-state index contributed by atoms with van der Waals surface area (Å²) < 4.78 is 48.5. The van der Waals surface area contributed by atoms with Crippen LogP contribution in [0, 0.1) is 0 Å². The lowest BCUT2D eigenvalue weighted by Crippen LogP contribution is -2.36. The second kappa shape index (κ2) is 7.54. The van der Waals surface area contributed by atoms with Crippen molar-refractivity contribution in [3.05, 3.63) is 29.3 Å². The van der Waals surface area contributed by atoms with Gasteiger partial charge in [0, 0.05) is 0 Å². The highest BCUT2D eigenvalue weighted by Gasteiger charge is 2.33. The van der Waals surface area contributed by atoms with Crippen LogP contribution in [0.25, 0.3) is 0 Å². The maximum absolute atomic E-state index is 12.9. The largest absolute Gasteiger partial charge is 0.490 e. The number of alkyl halides is 3. The Balaban J connectivity index is 2.14. The highest BCUT2D eigenvalue weighted by Crippen LogP contribution is 2.35. The molecule has 1 fully saturated rings. The van der Waals surface area contributed by atoms with E-state index < -0.39 is 35.9 Å². The third kappa shape index (κ3) is 5.20. The highest BCUT2D eigenvalue weighted by molar-refractivity contribution is 6.32. The Morgan fingerprint density at radius 3 is 2.48 bits per heavy atom.